The highest BCUT2D eigenvalue weighted by atomic mass is 16.3. The molecule has 32 heavy (non-hydrogen) atoms. The van der Waals surface area contributed by atoms with Crippen molar-refractivity contribution in [1.29, 1.82) is 0 Å². The summed E-state index contributed by atoms with van der Waals surface area (Å²) in [5, 5.41) is 11.3. The van der Waals surface area contributed by atoms with Crippen molar-refractivity contribution in [2.75, 3.05) is 26.2 Å². The first-order chi connectivity index (χ1) is 15.5. The number of hydrogen-bond donors (Lipinski definition) is 1. The third kappa shape index (κ3) is 4.19. The second-order valence-electron chi connectivity index (χ2n) is 8.49. The van der Waals surface area contributed by atoms with E-state index in [0.29, 0.717) is 18.7 Å². The van der Waals surface area contributed by atoms with Gasteiger partial charge < -0.3 is 14.9 Å². The van der Waals surface area contributed by atoms with Crippen LogP contribution in [0, 0.1) is 0 Å². The summed E-state index contributed by atoms with van der Waals surface area (Å²) in [5.74, 6) is -1.27. The fourth-order valence-electron chi connectivity index (χ4n) is 4.83. The summed E-state index contributed by atoms with van der Waals surface area (Å²) in [7, 11) is 0. The van der Waals surface area contributed by atoms with Crippen molar-refractivity contribution in [3.8, 4) is 0 Å². The van der Waals surface area contributed by atoms with Crippen molar-refractivity contribution in [3.05, 3.63) is 70.6 Å². The van der Waals surface area contributed by atoms with Crippen molar-refractivity contribution in [2.45, 2.75) is 45.6 Å². The van der Waals surface area contributed by atoms with Crippen LogP contribution in [0.4, 0.5) is 0 Å². The van der Waals surface area contributed by atoms with Gasteiger partial charge in [-0.25, -0.2) is 0 Å². The molecular weight excluding hydrogens is 402 g/mol. The summed E-state index contributed by atoms with van der Waals surface area (Å²) >= 11 is 0. The van der Waals surface area contributed by atoms with Gasteiger partial charge in [0, 0.05) is 31.0 Å². The predicted octanol–water partition coefficient (Wildman–Crippen LogP) is 3.72. The van der Waals surface area contributed by atoms with E-state index < -0.39 is 17.7 Å². The molecule has 1 fully saturated rings. The minimum Gasteiger partial charge on any atom is -0.507 e. The third-order valence-electron chi connectivity index (χ3n) is 6.74. The van der Waals surface area contributed by atoms with Crippen LogP contribution in [0.5, 0.6) is 0 Å². The summed E-state index contributed by atoms with van der Waals surface area (Å²) in [6, 6.07) is 8.89. The second-order valence-corrected chi connectivity index (χ2v) is 8.49. The number of aliphatic hydroxyl groups excluding tert-OH is 1. The topological polar surface area (TPSA) is 73.7 Å². The monoisotopic (exact) mass is 433 g/mol. The summed E-state index contributed by atoms with van der Waals surface area (Å²) in [6.07, 6.45) is 7.63. The molecule has 1 aromatic heterocycles. The van der Waals surface area contributed by atoms with Crippen LogP contribution in [0.25, 0.3) is 5.76 Å². The molecule has 4 rings (SSSR count). The number of aliphatic hydroxyl groups is 1. The van der Waals surface area contributed by atoms with E-state index in [2.05, 4.69) is 23.7 Å². The van der Waals surface area contributed by atoms with Crippen molar-refractivity contribution >= 4 is 17.4 Å². The number of amides is 1. The molecule has 1 aliphatic carbocycles. The molecular formula is C26H31N3O3. The maximum absolute atomic E-state index is 13.1. The van der Waals surface area contributed by atoms with Crippen molar-refractivity contribution < 1.29 is 14.7 Å². The quantitative estimate of drug-likeness (QED) is 0.409. The Hall–Kier alpha value is -2.99. The number of ketones is 1. The number of fused-ring (bicyclic) bond motifs is 1. The molecule has 1 saturated heterocycles. The van der Waals surface area contributed by atoms with Gasteiger partial charge in [0.2, 0.25) is 0 Å². The standard InChI is InChI=1S/C26H31N3O3/c1-3-28(4-2)15-16-29-23(19-11-13-27-14-12-19)22(25(31)26(29)32)24(30)21-10-9-18-7-5-6-8-20(18)17-21/h9-14,17,23,30H,3-8,15-16H2,1-2H3/b24-22-. The highest BCUT2D eigenvalue weighted by molar-refractivity contribution is 6.46. The van der Waals surface area contributed by atoms with Gasteiger partial charge in [-0.05, 0) is 73.7 Å². The number of carbonyl (C=O) groups is 2. The van der Waals surface area contributed by atoms with E-state index in [1.807, 2.05) is 18.2 Å². The number of benzene rings is 1. The van der Waals surface area contributed by atoms with E-state index in [0.717, 1.165) is 37.9 Å². The van der Waals surface area contributed by atoms with Crippen molar-refractivity contribution in [1.82, 2.24) is 14.8 Å². The normalized spacial score (nSPS) is 20.1. The second kappa shape index (κ2) is 9.65. The zero-order chi connectivity index (χ0) is 22.7. The minimum atomic E-state index is -0.624. The highest BCUT2D eigenvalue weighted by Crippen LogP contribution is 2.39. The molecule has 6 heteroatoms. The average molecular weight is 434 g/mol. The fourth-order valence-corrected chi connectivity index (χ4v) is 4.83. The van der Waals surface area contributed by atoms with Crippen LogP contribution in [0.15, 0.2) is 48.3 Å². The van der Waals surface area contributed by atoms with Crippen LogP contribution in [0.3, 0.4) is 0 Å². The van der Waals surface area contributed by atoms with Gasteiger partial charge in [-0.15, -0.1) is 0 Å². The first kappa shape index (κ1) is 22.2. The lowest BCUT2D eigenvalue weighted by Crippen LogP contribution is -2.38. The Balaban J connectivity index is 1.76. The smallest absolute Gasteiger partial charge is 0.295 e. The number of aryl methyl sites for hydroxylation is 2. The lowest BCUT2D eigenvalue weighted by Gasteiger charge is -2.28. The van der Waals surface area contributed by atoms with Gasteiger partial charge in [0.25, 0.3) is 11.7 Å². The molecule has 2 aliphatic rings. The molecule has 2 heterocycles. The number of hydrogen-bond acceptors (Lipinski definition) is 5. The van der Waals surface area contributed by atoms with Crippen LogP contribution in [-0.4, -0.2) is 57.8 Å². The van der Waals surface area contributed by atoms with Gasteiger partial charge in [-0.3, -0.25) is 14.6 Å². The average Bonchev–Trinajstić information content (AvgIpc) is 3.09. The number of Topliss-reactive ketones (excluding diaryl/α,β-unsaturated/α-hetero) is 1. The van der Waals surface area contributed by atoms with Crippen molar-refractivity contribution in [2.24, 2.45) is 0 Å². The van der Waals surface area contributed by atoms with Crippen LogP contribution >= 0.6 is 0 Å². The molecule has 1 aliphatic heterocycles. The summed E-state index contributed by atoms with van der Waals surface area (Å²) in [5.41, 5.74) is 4.07. The van der Waals surface area contributed by atoms with Crippen molar-refractivity contribution in [3.63, 3.8) is 0 Å². The van der Waals surface area contributed by atoms with Gasteiger partial charge in [-0.1, -0.05) is 26.0 Å². The van der Waals surface area contributed by atoms with Gasteiger partial charge in [0.15, 0.2) is 0 Å². The maximum Gasteiger partial charge on any atom is 0.295 e. The summed E-state index contributed by atoms with van der Waals surface area (Å²) < 4.78 is 0. The van der Waals surface area contributed by atoms with E-state index in [9.17, 15) is 14.7 Å². The van der Waals surface area contributed by atoms with Gasteiger partial charge in [-0.2, -0.15) is 0 Å². The van der Waals surface area contributed by atoms with Crippen LogP contribution in [0.2, 0.25) is 0 Å². The number of pyridine rings is 1. The Kier molecular flexibility index (Phi) is 6.70. The predicted molar refractivity (Wildman–Crippen MR) is 124 cm³/mol. The molecule has 1 atom stereocenters. The highest BCUT2D eigenvalue weighted by Gasteiger charge is 2.46. The van der Waals surface area contributed by atoms with E-state index in [1.165, 1.54) is 17.5 Å². The molecule has 2 aromatic rings. The summed E-state index contributed by atoms with van der Waals surface area (Å²) in [4.78, 5) is 34.1. The number of likely N-dealkylation sites (N-methyl/N-ethyl adjacent to an activating group) is 1. The molecule has 0 radical (unpaired) electrons. The molecule has 6 nitrogen and oxygen atoms in total. The number of aromatic nitrogens is 1. The van der Waals surface area contributed by atoms with E-state index in [4.69, 9.17) is 0 Å². The molecule has 0 spiro atoms. The Morgan fingerprint density at radius 1 is 1.06 bits per heavy atom. The van der Waals surface area contributed by atoms with E-state index in [-0.39, 0.29) is 11.3 Å². The van der Waals surface area contributed by atoms with E-state index in [1.54, 1.807) is 29.4 Å². The zero-order valence-electron chi connectivity index (χ0n) is 18.9. The molecule has 1 unspecified atom stereocenters. The Morgan fingerprint density at radius 3 is 2.44 bits per heavy atom. The first-order valence-electron chi connectivity index (χ1n) is 11.6. The number of nitrogens with zero attached hydrogens (tertiary/aromatic N) is 3. The lowest BCUT2D eigenvalue weighted by molar-refractivity contribution is -0.140. The zero-order valence-corrected chi connectivity index (χ0v) is 18.9. The molecule has 0 bridgehead atoms. The third-order valence-corrected chi connectivity index (χ3v) is 6.74. The molecule has 1 aromatic carbocycles. The maximum atomic E-state index is 13.1. The Labute approximate surface area is 189 Å². The number of likely N-dealkylation sites (tertiary alicyclic amines) is 1. The van der Waals surface area contributed by atoms with Gasteiger partial charge in [0.1, 0.15) is 5.76 Å². The fraction of sp³-hybridized carbons (Fsp3) is 0.423. The van der Waals surface area contributed by atoms with Crippen LogP contribution < -0.4 is 0 Å². The molecule has 1 amide bonds. The summed E-state index contributed by atoms with van der Waals surface area (Å²) in [6.45, 7) is 6.98. The molecule has 0 saturated carbocycles. The van der Waals surface area contributed by atoms with Crippen LogP contribution in [-0.2, 0) is 22.4 Å². The molecule has 168 valence electrons. The van der Waals surface area contributed by atoms with Gasteiger partial charge in [0.05, 0.1) is 11.6 Å². The lowest BCUT2D eigenvalue weighted by atomic mass is 9.89. The Bertz CT molecular complexity index is 1030. The largest absolute Gasteiger partial charge is 0.507 e. The number of rotatable bonds is 7. The van der Waals surface area contributed by atoms with E-state index >= 15 is 0 Å². The molecule has 1 N–H and O–H groups in total. The first-order valence-corrected chi connectivity index (χ1v) is 11.6. The SMILES string of the molecule is CCN(CC)CCN1C(=O)C(=O)/C(=C(\O)c2ccc3c(c2)CCCC3)C1c1ccncc1. The Morgan fingerprint density at radius 2 is 1.75 bits per heavy atom. The van der Waals surface area contributed by atoms with Gasteiger partial charge >= 0.3 is 0 Å². The number of carbonyl (C=O) groups excluding carboxylic acids is 2. The minimum absolute atomic E-state index is 0.0936. The van der Waals surface area contributed by atoms with Crippen LogP contribution in [0.1, 0.15) is 55.0 Å².